The molecule has 186 valence electrons. The lowest BCUT2D eigenvalue weighted by molar-refractivity contribution is 0.281. The number of aryl methyl sites for hydroxylation is 2. The molecular weight excluding hydrogens is 450 g/mol. The van der Waals surface area contributed by atoms with Gasteiger partial charge < -0.3 is 19.9 Å². The molecule has 1 fully saturated rings. The number of piperidine rings is 1. The van der Waals surface area contributed by atoms with Gasteiger partial charge in [0.25, 0.3) is 0 Å². The third-order valence-corrected chi connectivity index (χ3v) is 7.30. The zero-order chi connectivity index (χ0) is 25.1. The molecule has 0 bridgehead atoms. The molecule has 2 N–H and O–H groups in total. The van der Waals surface area contributed by atoms with E-state index < -0.39 is 0 Å². The molecule has 7 heteroatoms. The van der Waals surface area contributed by atoms with Gasteiger partial charge in [-0.05, 0) is 67.1 Å². The molecule has 0 aliphatic carbocycles. The lowest BCUT2D eigenvalue weighted by Gasteiger charge is -2.39. The summed E-state index contributed by atoms with van der Waals surface area (Å²) >= 11 is 0. The topological polar surface area (TPSA) is 83.3 Å². The van der Waals surface area contributed by atoms with Crippen molar-refractivity contribution < 1.29 is 5.11 Å². The number of fused-ring (bicyclic) bond motifs is 1. The summed E-state index contributed by atoms with van der Waals surface area (Å²) in [5, 5.41) is 14.1. The molecule has 1 aliphatic rings. The minimum absolute atomic E-state index is 0.0109. The first-order valence-corrected chi connectivity index (χ1v) is 12.6. The first kappa shape index (κ1) is 24.2. The van der Waals surface area contributed by atoms with E-state index in [0.717, 1.165) is 59.5 Å². The SMILES string of the molecule is Cc1cc(C(NCc2cc(=O)c3ccccc3n2C)[C@H]2CCCN(c3cncc(CO)c3)C2)ccn1. The summed E-state index contributed by atoms with van der Waals surface area (Å²) in [4.78, 5) is 23.9. The molecule has 4 heterocycles. The Morgan fingerprint density at radius 1 is 1.17 bits per heavy atom. The molecule has 1 aliphatic heterocycles. The molecule has 0 saturated carbocycles. The molecule has 5 rings (SSSR count). The van der Waals surface area contributed by atoms with Crippen molar-refractivity contribution in [2.45, 2.75) is 39.0 Å². The number of hydrogen-bond acceptors (Lipinski definition) is 6. The highest BCUT2D eigenvalue weighted by Gasteiger charge is 2.29. The minimum Gasteiger partial charge on any atom is -0.392 e. The number of aliphatic hydroxyl groups excluding tert-OH is 1. The van der Waals surface area contributed by atoms with Gasteiger partial charge in [0.05, 0.1) is 24.0 Å². The highest BCUT2D eigenvalue weighted by atomic mass is 16.3. The van der Waals surface area contributed by atoms with Crippen LogP contribution in [0.2, 0.25) is 0 Å². The summed E-state index contributed by atoms with van der Waals surface area (Å²) < 4.78 is 2.11. The number of nitrogens with one attached hydrogen (secondary N) is 1. The second-order valence-corrected chi connectivity index (χ2v) is 9.72. The number of aromatic nitrogens is 3. The van der Waals surface area contributed by atoms with Crippen LogP contribution in [0.1, 0.15) is 41.4 Å². The number of anilines is 1. The fraction of sp³-hybridized carbons (Fsp3) is 0.345. The second kappa shape index (κ2) is 10.6. The monoisotopic (exact) mass is 483 g/mol. The summed E-state index contributed by atoms with van der Waals surface area (Å²) in [6.45, 7) is 4.44. The molecular formula is C29H33N5O2. The predicted octanol–water partition coefficient (Wildman–Crippen LogP) is 3.88. The largest absolute Gasteiger partial charge is 0.392 e. The van der Waals surface area contributed by atoms with E-state index >= 15 is 0 Å². The van der Waals surface area contributed by atoms with Crippen LogP contribution in [0.15, 0.2) is 71.9 Å². The van der Waals surface area contributed by atoms with Gasteiger partial charge in [-0.2, -0.15) is 0 Å². The Bertz CT molecular complexity index is 1420. The highest BCUT2D eigenvalue weighted by molar-refractivity contribution is 5.79. The zero-order valence-corrected chi connectivity index (χ0v) is 20.9. The van der Waals surface area contributed by atoms with Crippen LogP contribution in [0.25, 0.3) is 10.9 Å². The van der Waals surface area contributed by atoms with Crippen LogP contribution in [0.4, 0.5) is 5.69 Å². The summed E-state index contributed by atoms with van der Waals surface area (Å²) in [6.07, 6.45) is 7.64. The van der Waals surface area contributed by atoms with Crippen molar-refractivity contribution in [1.29, 1.82) is 0 Å². The average molecular weight is 484 g/mol. The molecule has 0 spiro atoms. The van der Waals surface area contributed by atoms with Crippen molar-refractivity contribution in [3.05, 3.63) is 99.9 Å². The van der Waals surface area contributed by atoms with E-state index in [0.29, 0.717) is 12.5 Å². The van der Waals surface area contributed by atoms with Crippen molar-refractivity contribution in [3.8, 4) is 0 Å². The van der Waals surface area contributed by atoms with Gasteiger partial charge in [-0.25, -0.2) is 0 Å². The van der Waals surface area contributed by atoms with Crippen LogP contribution in [0.3, 0.4) is 0 Å². The van der Waals surface area contributed by atoms with Crippen LogP contribution >= 0.6 is 0 Å². The third kappa shape index (κ3) is 5.03. The molecule has 0 radical (unpaired) electrons. The summed E-state index contributed by atoms with van der Waals surface area (Å²) in [7, 11) is 2.02. The van der Waals surface area contributed by atoms with Crippen LogP contribution in [-0.4, -0.2) is 32.7 Å². The van der Waals surface area contributed by atoms with Crippen molar-refractivity contribution in [1.82, 2.24) is 19.9 Å². The van der Waals surface area contributed by atoms with E-state index in [4.69, 9.17) is 0 Å². The van der Waals surface area contributed by atoms with E-state index in [9.17, 15) is 9.90 Å². The number of para-hydroxylation sites is 1. The average Bonchev–Trinajstić information content (AvgIpc) is 2.92. The van der Waals surface area contributed by atoms with E-state index in [1.54, 1.807) is 12.3 Å². The van der Waals surface area contributed by atoms with Crippen molar-refractivity contribution in [3.63, 3.8) is 0 Å². The Labute approximate surface area is 211 Å². The summed E-state index contributed by atoms with van der Waals surface area (Å²) in [6, 6.07) is 15.9. The van der Waals surface area contributed by atoms with Crippen LogP contribution in [0.5, 0.6) is 0 Å². The number of pyridine rings is 3. The molecule has 1 unspecified atom stereocenters. The van der Waals surface area contributed by atoms with Crippen molar-refractivity contribution >= 4 is 16.6 Å². The third-order valence-electron chi connectivity index (χ3n) is 7.30. The zero-order valence-electron chi connectivity index (χ0n) is 20.9. The fourth-order valence-electron chi connectivity index (χ4n) is 5.41. The Hall–Kier alpha value is -3.55. The fourth-order valence-corrected chi connectivity index (χ4v) is 5.41. The van der Waals surface area contributed by atoms with Crippen LogP contribution < -0.4 is 15.6 Å². The number of rotatable bonds is 7. The predicted molar refractivity (Wildman–Crippen MR) is 143 cm³/mol. The lowest BCUT2D eigenvalue weighted by atomic mass is 9.86. The summed E-state index contributed by atoms with van der Waals surface area (Å²) in [5.41, 5.74) is 6.03. The smallest absolute Gasteiger partial charge is 0.189 e. The van der Waals surface area contributed by atoms with Gasteiger partial charge in [0.1, 0.15) is 0 Å². The Morgan fingerprint density at radius 3 is 2.86 bits per heavy atom. The molecule has 2 atom stereocenters. The van der Waals surface area contributed by atoms with E-state index in [1.807, 2.05) is 56.7 Å². The van der Waals surface area contributed by atoms with Gasteiger partial charge in [-0.1, -0.05) is 12.1 Å². The molecule has 4 aromatic rings. The standard InChI is InChI=1S/C29H33N5O2/c1-20-12-22(9-10-31-20)29(23-6-5-11-34(18-23)25-13-21(19-35)15-30-16-25)32-17-24-14-28(36)26-7-3-4-8-27(26)33(24)2/h3-4,7-10,12-16,23,29,32,35H,5-6,11,17-19H2,1-2H3/t23-,29?/m0/s1. The number of nitrogens with zero attached hydrogens (tertiary/aromatic N) is 4. The van der Waals surface area contributed by atoms with Gasteiger partial charge in [0.2, 0.25) is 0 Å². The van der Waals surface area contributed by atoms with E-state index in [2.05, 4.69) is 36.9 Å². The van der Waals surface area contributed by atoms with Crippen molar-refractivity contribution in [2.24, 2.45) is 13.0 Å². The van der Waals surface area contributed by atoms with Crippen LogP contribution in [0, 0.1) is 12.8 Å². The van der Waals surface area contributed by atoms with Crippen molar-refractivity contribution in [2.75, 3.05) is 18.0 Å². The molecule has 1 saturated heterocycles. The van der Waals surface area contributed by atoms with Gasteiger partial charge in [-0.3, -0.25) is 14.8 Å². The number of aliphatic hydroxyl groups is 1. The van der Waals surface area contributed by atoms with Crippen LogP contribution in [-0.2, 0) is 20.2 Å². The first-order valence-electron chi connectivity index (χ1n) is 12.6. The lowest BCUT2D eigenvalue weighted by Crippen LogP contribution is -2.41. The molecule has 36 heavy (non-hydrogen) atoms. The highest BCUT2D eigenvalue weighted by Crippen LogP contribution is 2.32. The molecule has 7 nitrogen and oxygen atoms in total. The quantitative estimate of drug-likeness (QED) is 0.415. The maximum Gasteiger partial charge on any atom is 0.189 e. The van der Waals surface area contributed by atoms with Gasteiger partial charge in [0, 0.05) is 68.0 Å². The summed E-state index contributed by atoms with van der Waals surface area (Å²) in [5.74, 6) is 0.357. The Balaban J connectivity index is 1.43. The van der Waals surface area contributed by atoms with E-state index in [1.165, 1.54) is 5.56 Å². The first-order chi connectivity index (χ1) is 17.5. The Morgan fingerprint density at radius 2 is 2.03 bits per heavy atom. The van der Waals surface area contributed by atoms with E-state index in [-0.39, 0.29) is 18.1 Å². The minimum atomic E-state index is -0.0109. The molecule has 1 aromatic carbocycles. The van der Waals surface area contributed by atoms with Gasteiger partial charge in [-0.15, -0.1) is 0 Å². The van der Waals surface area contributed by atoms with Gasteiger partial charge in [0.15, 0.2) is 5.43 Å². The maximum absolute atomic E-state index is 12.8. The number of hydrogen-bond donors (Lipinski definition) is 2. The number of benzene rings is 1. The molecule has 3 aromatic heterocycles. The Kier molecular flexibility index (Phi) is 7.11. The maximum atomic E-state index is 12.8. The molecule has 0 amide bonds. The van der Waals surface area contributed by atoms with Gasteiger partial charge >= 0.3 is 0 Å². The normalized spacial score (nSPS) is 16.9. The second-order valence-electron chi connectivity index (χ2n) is 9.72.